The predicted octanol–water partition coefficient (Wildman–Crippen LogP) is 2.43. The molecule has 0 unspecified atom stereocenters. The van der Waals surface area contributed by atoms with Crippen molar-refractivity contribution in [1.29, 1.82) is 0 Å². The minimum Gasteiger partial charge on any atom is -0.496 e. The van der Waals surface area contributed by atoms with Crippen LogP contribution in [-0.4, -0.2) is 23.0 Å². The van der Waals surface area contributed by atoms with E-state index in [0.29, 0.717) is 28.0 Å². The van der Waals surface area contributed by atoms with E-state index in [1.54, 1.807) is 30.3 Å². The van der Waals surface area contributed by atoms with Gasteiger partial charge in [-0.15, -0.1) is 0 Å². The molecule has 1 heterocycles. The summed E-state index contributed by atoms with van der Waals surface area (Å²) in [5, 5.41) is 2.81. The van der Waals surface area contributed by atoms with Crippen molar-refractivity contribution in [2.75, 3.05) is 12.4 Å². The van der Waals surface area contributed by atoms with Crippen molar-refractivity contribution >= 4 is 22.6 Å². The number of methoxy groups -OCH3 is 1. The van der Waals surface area contributed by atoms with Gasteiger partial charge in [0.05, 0.1) is 23.7 Å². The minimum atomic E-state index is -0.279. The van der Waals surface area contributed by atoms with Crippen LogP contribution in [-0.2, 0) is 0 Å². The van der Waals surface area contributed by atoms with Crippen molar-refractivity contribution in [2.45, 2.75) is 6.92 Å². The Morgan fingerprint density at radius 1 is 1.14 bits per heavy atom. The summed E-state index contributed by atoms with van der Waals surface area (Å²) in [5.74, 6) is 0.286. The normalized spacial score (nSPS) is 10.6. The summed E-state index contributed by atoms with van der Waals surface area (Å²) in [6.45, 7) is 1.88. The van der Waals surface area contributed by atoms with Gasteiger partial charge in [-0.25, -0.2) is 4.79 Å². The molecule has 22 heavy (non-hydrogen) atoms. The number of para-hydroxylation sites is 1. The van der Waals surface area contributed by atoms with Crippen LogP contribution in [0.4, 0.5) is 5.69 Å². The largest absolute Gasteiger partial charge is 0.496 e. The number of aromatic amines is 2. The minimum absolute atomic E-state index is 0.266. The van der Waals surface area contributed by atoms with Gasteiger partial charge >= 0.3 is 5.69 Å². The number of carbonyl (C=O) groups excluding carboxylic acids is 1. The number of H-pyrrole nitrogens is 2. The average Bonchev–Trinajstić information content (AvgIpc) is 2.86. The smallest absolute Gasteiger partial charge is 0.323 e. The Morgan fingerprint density at radius 2 is 1.91 bits per heavy atom. The summed E-state index contributed by atoms with van der Waals surface area (Å²) in [5.41, 5.74) is 3.00. The van der Waals surface area contributed by atoms with Gasteiger partial charge in [-0.05, 0) is 36.8 Å². The van der Waals surface area contributed by atoms with E-state index in [0.717, 1.165) is 5.56 Å². The molecule has 3 aromatic rings. The highest BCUT2D eigenvalue weighted by atomic mass is 16.5. The highest BCUT2D eigenvalue weighted by molar-refractivity contribution is 6.07. The SMILES string of the molecule is COc1c(C)cccc1C(=O)Nc1ccc2[nH]c(=O)[nH]c2c1. The van der Waals surface area contributed by atoms with Crippen LogP contribution in [0.3, 0.4) is 0 Å². The summed E-state index contributed by atoms with van der Waals surface area (Å²) in [4.78, 5) is 29.0. The molecular formula is C16H15N3O3. The van der Waals surface area contributed by atoms with Gasteiger partial charge in [0.25, 0.3) is 5.91 Å². The van der Waals surface area contributed by atoms with Crippen LogP contribution in [0.25, 0.3) is 11.0 Å². The highest BCUT2D eigenvalue weighted by Gasteiger charge is 2.14. The first-order valence-corrected chi connectivity index (χ1v) is 6.75. The fourth-order valence-electron chi connectivity index (χ4n) is 2.41. The highest BCUT2D eigenvalue weighted by Crippen LogP contribution is 2.24. The molecular weight excluding hydrogens is 282 g/mol. The van der Waals surface area contributed by atoms with Gasteiger partial charge in [0.15, 0.2) is 0 Å². The van der Waals surface area contributed by atoms with Crippen LogP contribution in [0.15, 0.2) is 41.2 Å². The molecule has 0 aliphatic heterocycles. The molecule has 3 N–H and O–H groups in total. The molecule has 0 aliphatic carbocycles. The maximum atomic E-state index is 12.4. The van der Waals surface area contributed by atoms with E-state index in [-0.39, 0.29) is 11.6 Å². The van der Waals surface area contributed by atoms with Crippen molar-refractivity contribution < 1.29 is 9.53 Å². The second-order valence-electron chi connectivity index (χ2n) is 4.95. The Kier molecular flexibility index (Phi) is 3.42. The van der Waals surface area contributed by atoms with Gasteiger partial charge < -0.3 is 20.0 Å². The van der Waals surface area contributed by atoms with Crippen molar-refractivity contribution in [2.24, 2.45) is 0 Å². The molecule has 0 radical (unpaired) electrons. The first-order chi connectivity index (χ1) is 10.6. The molecule has 3 rings (SSSR count). The number of hydrogen-bond donors (Lipinski definition) is 3. The number of benzene rings is 2. The Balaban J connectivity index is 1.92. The third-order valence-corrected chi connectivity index (χ3v) is 3.43. The van der Waals surface area contributed by atoms with Crippen LogP contribution in [0.1, 0.15) is 15.9 Å². The number of aryl methyl sites for hydroxylation is 1. The Morgan fingerprint density at radius 3 is 2.68 bits per heavy atom. The number of aromatic nitrogens is 2. The zero-order valence-corrected chi connectivity index (χ0v) is 12.2. The van der Waals surface area contributed by atoms with E-state index in [9.17, 15) is 9.59 Å². The number of fused-ring (bicyclic) bond motifs is 1. The number of anilines is 1. The third-order valence-electron chi connectivity index (χ3n) is 3.43. The summed E-state index contributed by atoms with van der Waals surface area (Å²) in [6.07, 6.45) is 0. The number of carbonyl (C=O) groups is 1. The first kappa shape index (κ1) is 13.9. The van der Waals surface area contributed by atoms with E-state index >= 15 is 0 Å². The lowest BCUT2D eigenvalue weighted by molar-refractivity contribution is 0.102. The summed E-state index contributed by atoms with van der Waals surface area (Å²) >= 11 is 0. The lowest BCUT2D eigenvalue weighted by Crippen LogP contribution is -2.13. The number of amides is 1. The Labute approximate surface area is 126 Å². The van der Waals surface area contributed by atoms with Crippen LogP contribution >= 0.6 is 0 Å². The van der Waals surface area contributed by atoms with Gasteiger partial charge in [-0.3, -0.25) is 4.79 Å². The zero-order valence-electron chi connectivity index (χ0n) is 12.2. The van der Waals surface area contributed by atoms with Gasteiger partial charge in [0.2, 0.25) is 0 Å². The number of ether oxygens (including phenoxy) is 1. The Hall–Kier alpha value is -3.02. The number of rotatable bonds is 3. The van der Waals surface area contributed by atoms with Gasteiger partial charge in [-0.2, -0.15) is 0 Å². The van der Waals surface area contributed by atoms with Crippen LogP contribution in [0.5, 0.6) is 5.75 Å². The standard InChI is InChI=1S/C16H15N3O3/c1-9-4-3-5-11(14(9)22-2)15(20)17-10-6-7-12-13(8-10)19-16(21)18-12/h3-8H,1-2H3,(H,17,20)(H2,18,19,21). The maximum absolute atomic E-state index is 12.4. The topological polar surface area (TPSA) is 87.0 Å². The second kappa shape index (κ2) is 5.40. The van der Waals surface area contributed by atoms with E-state index in [4.69, 9.17) is 4.74 Å². The molecule has 0 saturated heterocycles. The fraction of sp³-hybridized carbons (Fsp3) is 0.125. The molecule has 112 valence electrons. The molecule has 0 saturated carbocycles. The number of nitrogens with one attached hydrogen (secondary N) is 3. The zero-order chi connectivity index (χ0) is 15.7. The fourth-order valence-corrected chi connectivity index (χ4v) is 2.41. The summed E-state index contributed by atoms with van der Waals surface area (Å²) in [7, 11) is 1.54. The molecule has 0 fully saturated rings. The van der Waals surface area contributed by atoms with Gasteiger partial charge in [0.1, 0.15) is 5.75 Å². The number of imidazole rings is 1. The monoisotopic (exact) mass is 297 g/mol. The Bertz CT molecular complexity index is 908. The number of hydrogen-bond acceptors (Lipinski definition) is 3. The second-order valence-corrected chi connectivity index (χ2v) is 4.95. The predicted molar refractivity (Wildman–Crippen MR) is 84.6 cm³/mol. The molecule has 0 spiro atoms. The summed E-state index contributed by atoms with van der Waals surface area (Å²) < 4.78 is 5.30. The van der Waals surface area contributed by atoms with E-state index in [1.165, 1.54) is 7.11 Å². The molecule has 0 aliphatic rings. The lowest BCUT2D eigenvalue weighted by Gasteiger charge is -2.11. The van der Waals surface area contributed by atoms with Crippen molar-refractivity contribution in [1.82, 2.24) is 9.97 Å². The van der Waals surface area contributed by atoms with Gasteiger partial charge in [0, 0.05) is 5.69 Å². The summed E-state index contributed by atoms with van der Waals surface area (Å²) in [6, 6.07) is 10.6. The van der Waals surface area contributed by atoms with Crippen molar-refractivity contribution in [3.05, 3.63) is 58.0 Å². The average molecular weight is 297 g/mol. The molecule has 0 bridgehead atoms. The maximum Gasteiger partial charge on any atom is 0.323 e. The van der Waals surface area contributed by atoms with Crippen molar-refractivity contribution in [3.8, 4) is 5.75 Å². The lowest BCUT2D eigenvalue weighted by atomic mass is 10.1. The van der Waals surface area contributed by atoms with E-state index in [1.807, 2.05) is 13.0 Å². The van der Waals surface area contributed by atoms with E-state index in [2.05, 4.69) is 15.3 Å². The van der Waals surface area contributed by atoms with Gasteiger partial charge in [-0.1, -0.05) is 12.1 Å². The van der Waals surface area contributed by atoms with Crippen LogP contribution < -0.4 is 15.7 Å². The van der Waals surface area contributed by atoms with Crippen LogP contribution in [0.2, 0.25) is 0 Å². The molecule has 1 amide bonds. The molecule has 6 nitrogen and oxygen atoms in total. The first-order valence-electron chi connectivity index (χ1n) is 6.75. The van der Waals surface area contributed by atoms with E-state index < -0.39 is 0 Å². The van der Waals surface area contributed by atoms with Crippen molar-refractivity contribution in [3.63, 3.8) is 0 Å². The molecule has 1 aromatic heterocycles. The molecule has 6 heteroatoms. The molecule has 0 atom stereocenters. The quantitative estimate of drug-likeness (QED) is 0.694. The molecule has 2 aromatic carbocycles. The third kappa shape index (κ3) is 2.46. The van der Waals surface area contributed by atoms with Crippen LogP contribution in [0, 0.1) is 6.92 Å².